The predicted molar refractivity (Wildman–Crippen MR) is 101 cm³/mol. The highest BCUT2D eigenvalue weighted by Gasteiger charge is 2.23. The normalized spacial score (nSPS) is 17.0. The Morgan fingerprint density at radius 3 is 2.58 bits per heavy atom. The summed E-state index contributed by atoms with van der Waals surface area (Å²) in [5.41, 5.74) is 2.69. The largest absolute Gasteiger partial charge is 0.356 e. The molecule has 0 bridgehead atoms. The Balaban J connectivity index is 0.00000208. The molecule has 0 spiro atoms. The Hall–Kier alpha value is -2.04. The number of halogens is 1. The summed E-state index contributed by atoms with van der Waals surface area (Å²) < 4.78 is 0. The molecule has 1 aliphatic heterocycles. The standard InChI is InChI=1S/C19H23N3O.ClH/c1-20-18-11-6-12-22(14-18)19(23)15-7-5-10-17(13-15)21-16-8-3-2-4-9-16;/h2-5,7-10,13,18,20-21H,6,11-12,14H2,1H3;1H. The third kappa shape index (κ3) is 4.49. The molecule has 0 radical (unpaired) electrons. The molecule has 1 aliphatic rings. The van der Waals surface area contributed by atoms with E-state index in [1.807, 2.05) is 66.5 Å². The van der Waals surface area contributed by atoms with Gasteiger partial charge in [0.15, 0.2) is 0 Å². The molecule has 4 nitrogen and oxygen atoms in total. The lowest BCUT2D eigenvalue weighted by atomic mass is 10.0. The van der Waals surface area contributed by atoms with Crippen LogP contribution in [0.25, 0.3) is 0 Å². The van der Waals surface area contributed by atoms with Crippen LogP contribution in [-0.4, -0.2) is 37.0 Å². The minimum atomic E-state index is 0. The van der Waals surface area contributed by atoms with E-state index in [0.717, 1.165) is 42.9 Å². The summed E-state index contributed by atoms with van der Waals surface area (Å²) in [4.78, 5) is 14.7. The second-order valence-electron chi connectivity index (χ2n) is 5.95. The molecule has 1 atom stereocenters. The fourth-order valence-electron chi connectivity index (χ4n) is 3.00. The van der Waals surface area contributed by atoms with Crippen molar-refractivity contribution in [3.8, 4) is 0 Å². The van der Waals surface area contributed by atoms with Gasteiger partial charge in [0.05, 0.1) is 0 Å². The molecule has 1 amide bonds. The van der Waals surface area contributed by atoms with Gasteiger partial charge in [0.2, 0.25) is 0 Å². The van der Waals surface area contributed by atoms with Crippen LogP contribution in [0.5, 0.6) is 0 Å². The number of benzene rings is 2. The summed E-state index contributed by atoms with van der Waals surface area (Å²) in [6, 6.07) is 18.1. The maximum atomic E-state index is 12.7. The van der Waals surface area contributed by atoms with Crippen LogP contribution < -0.4 is 10.6 Å². The van der Waals surface area contributed by atoms with Crippen LogP contribution in [0.15, 0.2) is 54.6 Å². The number of likely N-dealkylation sites (tertiary alicyclic amines) is 1. The zero-order valence-corrected chi connectivity index (χ0v) is 14.7. The number of carbonyl (C=O) groups excluding carboxylic acids is 1. The van der Waals surface area contributed by atoms with Crippen LogP contribution in [-0.2, 0) is 0 Å². The van der Waals surface area contributed by atoms with Crippen LogP contribution in [0.3, 0.4) is 0 Å². The molecular formula is C19H24ClN3O. The maximum Gasteiger partial charge on any atom is 0.253 e. The highest BCUT2D eigenvalue weighted by molar-refractivity contribution is 5.95. The Bertz CT molecular complexity index is 663. The van der Waals surface area contributed by atoms with Crippen molar-refractivity contribution in [3.05, 3.63) is 60.2 Å². The summed E-state index contributed by atoms with van der Waals surface area (Å²) in [7, 11) is 1.96. The molecule has 2 N–H and O–H groups in total. The van der Waals surface area contributed by atoms with Crippen molar-refractivity contribution in [1.29, 1.82) is 0 Å². The van der Waals surface area contributed by atoms with Gasteiger partial charge in [-0.3, -0.25) is 4.79 Å². The van der Waals surface area contributed by atoms with Crippen LogP contribution in [0, 0.1) is 0 Å². The number of nitrogens with zero attached hydrogens (tertiary/aromatic N) is 1. The van der Waals surface area contributed by atoms with Crippen molar-refractivity contribution in [1.82, 2.24) is 10.2 Å². The summed E-state index contributed by atoms with van der Waals surface area (Å²) in [5, 5.41) is 6.62. The topological polar surface area (TPSA) is 44.4 Å². The average molecular weight is 346 g/mol. The van der Waals surface area contributed by atoms with Gasteiger partial charge in [-0.15, -0.1) is 12.4 Å². The SMILES string of the molecule is CNC1CCCN(C(=O)c2cccc(Nc3ccccc3)c2)C1.Cl. The van der Waals surface area contributed by atoms with Gasteiger partial charge in [-0.25, -0.2) is 0 Å². The van der Waals surface area contributed by atoms with Gasteiger partial charge in [0.1, 0.15) is 0 Å². The van der Waals surface area contributed by atoms with E-state index in [-0.39, 0.29) is 18.3 Å². The minimum Gasteiger partial charge on any atom is -0.356 e. The van der Waals surface area contributed by atoms with Crippen LogP contribution in [0.4, 0.5) is 11.4 Å². The molecule has 2 aromatic carbocycles. The third-order valence-corrected chi connectivity index (χ3v) is 4.29. The molecule has 1 unspecified atom stereocenters. The lowest BCUT2D eigenvalue weighted by Crippen LogP contribution is -2.46. The van der Waals surface area contributed by atoms with E-state index in [9.17, 15) is 4.79 Å². The first-order valence-electron chi connectivity index (χ1n) is 8.15. The second kappa shape index (κ2) is 8.71. The van der Waals surface area contributed by atoms with E-state index in [1.165, 1.54) is 0 Å². The smallest absolute Gasteiger partial charge is 0.253 e. The monoisotopic (exact) mass is 345 g/mol. The summed E-state index contributed by atoms with van der Waals surface area (Å²) in [6.07, 6.45) is 2.19. The fourth-order valence-corrected chi connectivity index (χ4v) is 3.00. The number of likely N-dealkylation sites (N-methyl/N-ethyl adjacent to an activating group) is 1. The molecular weight excluding hydrogens is 322 g/mol. The molecule has 1 heterocycles. The molecule has 24 heavy (non-hydrogen) atoms. The van der Waals surface area contributed by atoms with Gasteiger partial charge in [0.25, 0.3) is 5.91 Å². The lowest BCUT2D eigenvalue weighted by molar-refractivity contribution is 0.0698. The van der Waals surface area contributed by atoms with Crippen molar-refractivity contribution in [2.45, 2.75) is 18.9 Å². The molecule has 5 heteroatoms. The van der Waals surface area contributed by atoms with Gasteiger partial charge >= 0.3 is 0 Å². The van der Waals surface area contributed by atoms with E-state index in [2.05, 4.69) is 10.6 Å². The number of para-hydroxylation sites is 1. The third-order valence-electron chi connectivity index (χ3n) is 4.29. The quantitative estimate of drug-likeness (QED) is 0.888. The first-order chi connectivity index (χ1) is 11.3. The fraction of sp³-hybridized carbons (Fsp3) is 0.316. The van der Waals surface area contributed by atoms with Crippen molar-refractivity contribution in [2.75, 3.05) is 25.5 Å². The molecule has 3 rings (SSSR count). The maximum absolute atomic E-state index is 12.7. The van der Waals surface area contributed by atoms with Crippen molar-refractivity contribution in [2.24, 2.45) is 0 Å². The van der Waals surface area contributed by atoms with Crippen LogP contribution in [0.1, 0.15) is 23.2 Å². The van der Waals surface area contributed by atoms with E-state index in [4.69, 9.17) is 0 Å². The predicted octanol–water partition coefficient (Wildman–Crippen LogP) is 3.68. The molecule has 2 aromatic rings. The molecule has 1 saturated heterocycles. The number of amides is 1. The van der Waals surface area contributed by atoms with Gasteiger partial charge in [-0.05, 0) is 50.2 Å². The Labute approximate surface area is 149 Å². The van der Waals surface area contributed by atoms with E-state index in [1.54, 1.807) is 0 Å². The van der Waals surface area contributed by atoms with Crippen molar-refractivity contribution >= 4 is 29.7 Å². The number of hydrogen-bond donors (Lipinski definition) is 2. The van der Waals surface area contributed by atoms with Gasteiger partial charge in [-0.1, -0.05) is 24.3 Å². The number of anilines is 2. The zero-order valence-electron chi connectivity index (χ0n) is 13.9. The highest BCUT2D eigenvalue weighted by atomic mass is 35.5. The first kappa shape index (κ1) is 18.3. The lowest BCUT2D eigenvalue weighted by Gasteiger charge is -2.32. The van der Waals surface area contributed by atoms with E-state index in [0.29, 0.717) is 6.04 Å². The molecule has 0 saturated carbocycles. The van der Waals surface area contributed by atoms with Crippen LogP contribution >= 0.6 is 12.4 Å². The number of rotatable bonds is 4. The minimum absolute atomic E-state index is 0. The van der Waals surface area contributed by atoms with E-state index < -0.39 is 0 Å². The van der Waals surface area contributed by atoms with Gasteiger partial charge < -0.3 is 15.5 Å². The number of carbonyl (C=O) groups is 1. The summed E-state index contributed by atoms with van der Waals surface area (Å²) in [6.45, 7) is 1.62. The zero-order chi connectivity index (χ0) is 16.1. The summed E-state index contributed by atoms with van der Waals surface area (Å²) >= 11 is 0. The Morgan fingerprint density at radius 2 is 1.83 bits per heavy atom. The number of piperidine rings is 1. The van der Waals surface area contributed by atoms with Crippen molar-refractivity contribution < 1.29 is 4.79 Å². The van der Waals surface area contributed by atoms with Gasteiger partial charge in [-0.2, -0.15) is 0 Å². The second-order valence-corrected chi connectivity index (χ2v) is 5.95. The number of hydrogen-bond acceptors (Lipinski definition) is 3. The molecule has 0 aromatic heterocycles. The molecule has 128 valence electrons. The number of nitrogens with one attached hydrogen (secondary N) is 2. The first-order valence-corrected chi connectivity index (χ1v) is 8.15. The van der Waals surface area contributed by atoms with E-state index >= 15 is 0 Å². The Morgan fingerprint density at radius 1 is 1.08 bits per heavy atom. The van der Waals surface area contributed by atoms with Crippen LogP contribution in [0.2, 0.25) is 0 Å². The average Bonchev–Trinajstić information content (AvgIpc) is 2.62. The molecule has 0 aliphatic carbocycles. The van der Waals surface area contributed by atoms with Gasteiger partial charge in [0, 0.05) is 36.1 Å². The van der Waals surface area contributed by atoms with Crippen molar-refractivity contribution in [3.63, 3.8) is 0 Å². The Kier molecular flexibility index (Phi) is 6.64. The summed E-state index contributed by atoms with van der Waals surface area (Å²) in [5.74, 6) is 0.113. The molecule has 1 fully saturated rings. The highest BCUT2D eigenvalue weighted by Crippen LogP contribution is 2.19.